The number of anilines is 1. The van der Waals surface area contributed by atoms with Crippen LogP contribution in [0.3, 0.4) is 0 Å². The first-order valence-electron chi connectivity index (χ1n) is 9.15. The monoisotopic (exact) mass is 371 g/mol. The van der Waals surface area contributed by atoms with Crippen LogP contribution in [0, 0.1) is 0 Å². The summed E-state index contributed by atoms with van der Waals surface area (Å²) < 4.78 is 5.80. The van der Waals surface area contributed by atoms with Gasteiger partial charge in [-0.1, -0.05) is 40.0 Å². The van der Waals surface area contributed by atoms with Crippen LogP contribution in [0.2, 0.25) is 0 Å². The lowest BCUT2D eigenvalue weighted by atomic mass is 10.1. The highest BCUT2D eigenvalue weighted by Gasteiger charge is 2.13. The smallest absolute Gasteiger partial charge is 0.255 e. The van der Waals surface area contributed by atoms with Crippen molar-refractivity contribution in [2.75, 3.05) is 38.5 Å². The van der Waals surface area contributed by atoms with Crippen molar-refractivity contribution in [2.24, 2.45) is 0 Å². The van der Waals surface area contributed by atoms with Gasteiger partial charge in [-0.25, -0.2) is 0 Å². The van der Waals surface area contributed by atoms with Crippen LogP contribution in [0.25, 0.3) is 0 Å². The normalized spacial score (nSPS) is 10.4. The number of unbranched alkanes of at least 4 members (excludes halogenated alkanes) is 3. The van der Waals surface area contributed by atoms with Crippen molar-refractivity contribution in [1.82, 2.24) is 10.2 Å². The van der Waals surface area contributed by atoms with E-state index in [0.29, 0.717) is 30.2 Å². The highest BCUT2D eigenvalue weighted by Crippen LogP contribution is 2.22. The van der Waals surface area contributed by atoms with Crippen molar-refractivity contribution in [3.8, 4) is 5.75 Å². The van der Waals surface area contributed by atoms with E-state index < -0.39 is 0 Å². The molecule has 0 bridgehead atoms. The number of amides is 1. The molecule has 1 rings (SSSR count). The van der Waals surface area contributed by atoms with Crippen LogP contribution >= 0.6 is 12.4 Å². The van der Waals surface area contributed by atoms with Crippen LogP contribution in [0.1, 0.15) is 56.8 Å². The molecule has 0 aromatic heterocycles. The predicted molar refractivity (Wildman–Crippen MR) is 108 cm³/mol. The maximum absolute atomic E-state index is 12.4. The lowest BCUT2D eigenvalue weighted by Crippen LogP contribution is -2.35. The summed E-state index contributed by atoms with van der Waals surface area (Å²) in [6, 6.07) is 5.21. The van der Waals surface area contributed by atoms with E-state index in [1.165, 1.54) is 12.8 Å². The molecule has 25 heavy (non-hydrogen) atoms. The number of halogens is 1. The van der Waals surface area contributed by atoms with E-state index >= 15 is 0 Å². The van der Waals surface area contributed by atoms with Crippen molar-refractivity contribution in [3.05, 3.63) is 23.8 Å². The van der Waals surface area contributed by atoms with Gasteiger partial charge in [-0.3, -0.25) is 4.79 Å². The Morgan fingerprint density at radius 1 is 1.16 bits per heavy atom. The maximum Gasteiger partial charge on any atom is 0.255 e. The third-order valence-electron chi connectivity index (χ3n) is 4.11. The van der Waals surface area contributed by atoms with Crippen molar-refractivity contribution in [1.29, 1.82) is 0 Å². The third kappa shape index (κ3) is 8.98. The topological polar surface area (TPSA) is 67.6 Å². The number of hydrogen-bond donors (Lipinski definition) is 2. The van der Waals surface area contributed by atoms with Crippen LogP contribution in [-0.2, 0) is 0 Å². The summed E-state index contributed by atoms with van der Waals surface area (Å²) in [5, 5.41) is 2.97. The van der Waals surface area contributed by atoms with Crippen molar-refractivity contribution in [3.63, 3.8) is 0 Å². The molecule has 0 radical (unpaired) electrons. The molecule has 0 heterocycles. The Labute approximate surface area is 158 Å². The van der Waals surface area contributed by atoms with Crippen LogP contribution in [0.15, 0.2) is 18.2 Å². The van der Waals surface area contributed by atoms with Gasteiger partial charge >= 0.3 is 0 Å². The van der Waals surface area contributed by atoms with Gasteiger partial charge in [0.05, 0.1) is 12.2 Å². The summed E-state index contributed by atoms with van der Waals surface area (Å²) in [6.45, 7) is 10.5. The third-order valence-corrected chi connectivity index (χ3v) is 4.11. The number of carbonyl (C=O) groups excluding carboxylic acids is 1. The molecule has 0 saturated heterocycles. The summed E-state index contributed by atoms with van der Waals surface area (Å²) >= 11 is 0. The molecule has 0 fully saturated rings. The first-order chi connectivity index (χ1) is 11.6. The van der Waals surface area contributed by atoms with Crippen molar-refractivity contribution < 1.29 is 9.53 Å². The number of likely N-dealkylation sites (N-methyl/N-ethyl adjacent to an activating group) is 1. The quantitative estimate of drug-likeness (QED) is 0.434. The summed E-state index contributed by atoms with van der Waals surface area (Å²) in [5.74, 6) is 0.470. The lowest BCUT2D eigenvalue weighted by Gasteiger charge is -2.18. The fourth-order valence-corrected chi connectivity index (χ4v) is 2.52. The number of benzene rings is 1. The standard InChI is InChI=1S/C19H33N3O2.ClH/c1-4-7-8-9-14-24-18-15-16(20)10-11-17(18)19(23)21-12-13-22(5-2)6-3;/h10-11,15H,4-9,12-14,20H2,1-3H3,(H,21,23);1H. The zero-order chi connectivity index (χ0) is 17.8. The van der Waals surface area contributed by atoms with Gasteiger partial charge in [0.2, 0.25) is 0 Å². The molecular weight excluding hydrogens is 338 g/mol. The van der Waals surface area contributed by atoms with Gasteiger partial charge in [0.15, 0.2) is 0 Å². The Hall–Kier alpha value is -1.46. The molecule has 3 N–H and O–H groups in total. The minimum atomic E-state index is -0.106. The van der Waals surface area contributed by atoms with E-state index in [1.807, 2.05) is 0 Å². The van der Waals surface area contributed by atoms with E-state index in [0.717, 1.165) is 32.5 Å². The van der Waals surface area contributed by atoms with Crippen LogP contribution in [0.5, 0.6) is 5.75 Å². The zero-order valence-corrected chi connectivity index (χ0v) is 16.7. The fourth-order valence-electron chi connectivity index (χ4n) is 2.52. The largest absolute Gasteiger partial charge is 0.493 e. The number of nitrogens with one attached hydrogen (secondary N) is 1. The Balaban J connectivity index is 0.00000576. The van der Waals surface area contributed by atoms with Gasteiger partial charge in [0, 0.05) is 24.8 Å². The van der Waals surface area contributed by atoms with Gasteiger partial charge in [0.1, 0.15) is 5.75 Å². The molecule has 0 aliphatic heterocycles. The Morgan fingerprint density at radius 3 is 2.52 bits per heavy atom. The highest BCUT2D eigenvalue weighted by atomic mass is 35.5. The highest BCUT2D eigenvalue weighted by molar-refractivity contribution is 5.97. The molecule has 0 spiro atoms. The molecule has 0 aliphatic carbocycles. The molecule has 0 atom stereocenters. The molecule has 5 nitrogen and oxygen atoms in total. The number of nitrogens with two attached hydrogens (primary N) is 1. The van der Waals surface area contributed by atoms with E-state index in [1.54, 1.807) is 18.2 Å². The van der Waals surface area contributed by atoms with Crippen LogP contribution in [0.4, 0.5) is 5.69 Å². The summed E-state index contributed by atoms with van der Waals surface area (Å²) in [5.41, 5.74) is 7.00. The molecule has 144 valence electrons. The SMILES string of the molecule is CCCCCCOc1cc(N)ccc1C(=O)NCCN(CC)CC.Cl. The maximum atomic E-state index is 12.4. The summed E-state index contributed by atoms with van der Waals surface area (Å²) in [6.07, 6.45) is 4.54. The van der Waals surface area contributed by atoms with Crippen molar-refractivity contribution in [2.45, 2.75) is 46.5 Å². The molecular formula is C19H34ClN3O2. The Bertz CT molecular complexity index is 494. The zero-order valence-electron chi connectivity index (χ0n) is 15.8. The number of rotatable bonds is 12. The van der Waals surface area contributed by atoms with Gasteiger partial charge < -0.3 is 20.7 Å². The minimum Gasteiger partial charge on any atom is -0.493 e. The first kappa shape index (κ1) is 23.5. The molecule has 0 aliphatic rings. The van der Waals surface area contributed by atoms with Gasteiger partial charge in [-0.2, -0.15) is 0 Å². The van der Waals surface area contributed by atoms with Gasteiger partial charge in [-0.05, 0) is 31.6 Å². The van der Waals surface area contributed by atoms with Gasteiger partial charge in [0.25, 0.3) is 5.91 Å². The molecule has 0 unspecified atom stereocenters. The van der Waals surface area contributed by atoms with E-state index in [4.69, 9.17) is 10.5 Å². The lowest BCUT2D eigenvalue weighted by molar-refractivity contribution is 0.0945. The van der Waals surface area contributed by atoms with Crippen molar-refractivity contribution >= 4 is 24.0 Å². The average molecular weight is 372 g/mol. The predicted octanol–water partition coefficient (Wildman–Crippen LogP) is 3.72. The molecule has 0 saturated carbocycles. The molecule has 6 heteroatoms. The first-order valence-corrected chi connectivity index (χ1v) is 9.15. The van der Waals surface area contributed by atoms with Crippen LogP contribution in [-0.4, -0.2) is 43.6 Å². The second-order valence-electron chi connectivity index (χ2n) is 5.95. The van der Waals surface area contributed by atoms with E-state index in [9.17, 15) is 4.79 Å². The number of nitrogens with zero attached hydrogens (tertiary/aromatic N) is 1. The second kappa shape index (κ2) is 13.8. The number of nitrogen functional groups attached to an aromatic ring is 1. The average Bonchev–Trinajstić information content (AvgIpc) is 2.58. The Morgan fingerprint density at radius 2 is 1.88 bits per heavy atom. The van der Waals surface area contributed by atoms with E-state index in [-0.39, 0.29) is 18.3 Å². The van der Waals surface area contributed by atoms with Crippen LogP contribution < -0.4 is 15.8 Å². The number of carbonyl (C=O) groups is 1. The molecule has 1 aromatic carbocycles. The van der Waals surface area contributed by atoms with E-state index in [2.05, 4.69) is 31.0 Å². The summed E-state index contributed by atoms with van der Waals surface area (Å²) in [7, 11) is 0. The minimum absolute atomic E-state index is 0. The second-order valence-corrected chi connectivity index (χ2v) is 5.95. The molecule has 1 amide bonds. The Kier molecular flexibility index (Phi) is 13.0. The van der Waals surface area contributed by atoms with Gasteiger partial charge in [-0.15, -0.1) is 12.4 Å². The number of ether oxygens (including phenoxy) is 1. The summed E-state index contributed by atoms with van der Waals surface area (Å²) in [4.78, 5) is 14.7. The molecule has 1 aromatic rings. The fraction of sp³-hybridized carbons (Fsp3) is 0.632. The number of hydrogen-bond acceptors (Lipinski definition) is 4.